The summed E-state index contributed by atoms with van der Waals surface area (Å²) in [5.74, 6) is 1.22. The summed E-state index contributed by atoms with van der Waals surface area (Å²) in [6.07, 6.45) is 5.49. The van der Waals surface area contributed by atoms with E-state index in [9.17, 15) is 4.39 Å². The van der Waals surface area contributed by atoms with Gasteiger partial charge in [-0.3, -0.25) is 4.98 Å². The molecule has 0 amide bonds. The van der Waals surface area contributed by atoms with Crippen molar-refractivity contribution >= 4 is 0 Å². The molecule has 1 fully saturated rings. The average Bonchev–Trinajstić information content (AvgIpc) is 2.61. The van der Waals surface area contributed by atoms with E-state index in [4.69, 9.17) is 0 Å². The quantitative estimate of drug-likeness (QED) is 0.871. The molecule has 1 aromatic rings. The predicted octanol–water partition coefficient (Wildman–Crippen LogP) is 3.31. The molecular formula is C14H21FN2. The Morgan fingerprint density at radius 2 is 2.12 bits per heavy atom. The first-order valence-corrected chi connectivity index (χ1v) is 6.44. The van der Waals surface area contributed by atoms with Gasteiger partial charge in [0.25, 0.3) is 0 Å². The predicted molar refractivity (Wildman–Crippen MR) is 67.1 cm³/mol. The van der Waals surface area contributed by atoms with E-state index >= 15 is 0 Å². The molecule has 0 spiro atoms. The van der Waals surface area contributed by atoms with Gasteiger partial charge in [-0.25, -0.2) is 4.39 Å². The molecule has 4 unspecified atom stereocenters. The number of hydrogen-bond acceptors (Lipinski definition) is 2. The molecular weight excluding hydrogens is 215 g/mol. The Balaban J connectivity index is 2.00. The van der Waals surface area contributed by atoms with E-state index in [1.807, 2.05) is 0 Å². The zero-order valence-corrected chi connectivity index (χ0v) is 10.8. The van der Waals surface area contributed by atoms with Gasteiger partial charge in [0.2, 0.25) is 0 Å². The van der Waals surface area contributed by atoms with Crippen LogP contribution in [0, 0.1) is 17.7 Å². The molecule has 1 N–H and O–H groups in total. The zero-order chi connectivity index (χ0) is 12.4. The van der Waals surface area contributed by atoms with Gasteiger partial charge in [-0.15, -0.1) is 0 Å². The molecule has 3 heteroatoms. The first-order chi connectivity index (χ1) is 8.08. The van der Waals surface area contributed by atoms with Crippen LogP contribution in [0.15, 0.2) is 18.5 Å². The van der Waals surface area contributed by atoms with E-state index in [0.29, 0.717) is 12.0 Å². The van der Waals surface area contributed by atoms with E-state index in [1.54, 1.807) is 12.3 Å². The number of aromatic nitrogens is 1. The van der Waals surface area contributed by atoms with Gasteiger partial charge in [-0.2, -0.15) is 0 Å². The minimum absolute atomic E-state index is 0.163. The molecule has 0 saturated heterocycles. The molecule has 4 atom stereocenters. The molecule has 94 valence electrons. The Morgan fingerprint density at radius 3 is 2.71 bits per heavy atom. The molecule has 1 saturated carbocycles. The number of hydrogen-bond donors (Lipinski definition) is 1. The van der Waals surface area contributed by atoms with Crippen LogP contribution in [0.4, 0.5) is 4.39 Å². The van der Waals surface area contributed by atoms with Crippen LogP contribution in [0.25, 0.3) is 0 Å². The van der Waals surface area contributed by atoms with Crippen LogP contribution in [0.2, 0.25) is 0 Å². The van der Waals surface area contributed by atoms with E-state index < -0.39 is 0 Å². The van der Waals surface area contributed by atoms with E-state index in [1.165, 1.54) is 19.0 Å². The maximum absolute atomic E-state index is 13.1. The van der Waals surface area contributed by atoms with Gasteiger partial charge in [0, 0.05) is 18.3 Å². The lowest BCUT2D eigenvalue weighted by atomic mass is 9.97. The second-order valence-corrected chi connectivity index (χ2v) is 5.35. The van der Waals surface area contributed by atoms with Gasteiger partial charge >= 0.3 is 0 Å². The second kappa shape index (κ2) is 5.13. The average molecular weight is 236 g/mol. The fourth-order valence-electron chi connectivity index (χ4n) is 2.68. The molecule has 0 aromatic carbocycles. The van der Waals surface area contributed by atoms with Crippen molar-refractivity contribution in [3.63, 3.8) is 0 Å². The first kappa shape index (κ1) is 12.5. The van der Waals surface area contributed by atoms with Crippen LogP contribution < -0.4 is 5.32 Å². The summed E-state index contributed by atoms with van der Waals surface area (Å²) in [5.41, 5.74) is 0.928. The highest BCUT2D eigenvalue weighted by Crippen LogP contribution is 2.32. The Hall–Kier alpha value is -0.960. The van der Waals surface area contributed by atoms with Crippen molar-refractivity contribution in [2.45, 2.75) is 45.7 Å². The molecule has 1 heterocycles. The summed E-state index contributed by atoms with van der Waals surface area (Å²) in [5, 5.41) is 3.60. The zero-order valence-electron chi connectivity index (χ0n) is 10.8. The van der Waals surface area contributed by atoms with Crippen molar-refractivity contribution in [3.8, 4) is 0 Å². The Labute approximate surface area is 103 Å². The molecule has 17 heavy (non-hydrogen) atoms. The van der Waals surface area contributed by atoms with Gasteiger partial charge in [0.15, 0.2) is 0 Å². The van der Waals surface area contributed by atoms with Gasteiger partial charge < -0.3 is 5.32 Å². The van der Waals surface area contributed by atoms with Crippen LogP contribution in [0.3, 0.4) is 0 Å². The van der Waals surface area contributed by atoms with Crippen LogP contribution in [-0.4, -0.2) is 11.0 Å². The largest absolute Gasteiger partial charge is 0.307 e. The molecule has 2 nitrogen and oxygen atoms in total. The maximum atomic E-state index is 13.1. The maximum Gasteiger partial charge on any atom is 0.141 e. The molecule has 1 aliphatic carbocycles. The Bertz CT molecular complexity index is 380. The number of nitrogens with zero attached hydrogens (tertiary/aromatic N) is 1. The highest BCUT2D eigenvalue weighted by Gasteiger charge is 2.30. The van der Waals surface area contributed by atoms with E-state index in [0.717, 1.165) is 11.5 Å². The van der Waals surface area contributed by atoms with Gasteiger partial charge in [-0.05, 0) is 43.2 Å². The molecule has 1 aromatic heterocycles. The Morgan fingerprint density at radius 1 is 1.35 bits per heavy atom. The van der Waals surface area contributed by atoms with Crippen molar-refractivity contribution in [1.82, 2.24) is 10.3 Å². The fraction of sp³-hybridized carbons (Fsp3) is 0.643. The third kappa shape index (κ3) is 2.83. The minimum atomic E-state index is -0.260. The molecule has 0 radical (unpaired) electrons. The normalized spacial score (nSPS) is 30.5. The summed E-state index contributed by atoms with van der Waals surface area (Å²) >= 11 is 0. The topological polar surface area (TPSA) is 24.9 Å². The third-order valence-corrected chi connectivity index (χ3v) is 4.16. The second-order valence-electron chi connectivity index (χ2n) is 5.35. The molecule has 1 aliphatic rings. The summed E-state index contributed by atoms with van der Waals surface area (Å²) in [7, 11) is 0. The van der Waals surface area contributed by atoms with Crippen molar-refractivity contribution in [3.05, 3.63) is 29.8 Å². The van der Waals surface area contributed by atoms with Crippen molar-refractivity contribution in [2.75, 3.05) is 0 Å². The fourth-order valence-corrected chi connectivity index (χ4v) is 2.68. The summed E-state index contributed by atoms with van der Waals surface area (Å²) in [6.45, 7) is 6.68. The van der Waals surface area contributed by atoms with E-state index in [-0.39, 0.29) is 11.9 Å². The summed E-state index contributed by atoms with van der Waals surface area (Å²) in [4.78, 5) is 3.90. The van der Waals surface area contributed by atoms with Crippen LogP contribution in [0.5, 0.6) is 0 Å². The molecule has 0 aliphatic heterocycles. The van der Waals surface area contributed by atoms with Crippen LogP contribution in [0.1, 0.15) is 45.2 Å². The van der Waals surface area contributed by atoms with Crippen LogP contribution in [-0.2, 0) is 0 Å². The minimum Gasteiger partial charge on any atom is -0.307 e. The van der Waals surface area contributed by atoms with E-state index in [2.05, 4.69) is 31.1 Å². The number of halogens is 1. The monoisotopic (exact) mass is 236 g/mol. The SMILES string of the molecule is CC(NC1CCC(C)C1C)c1cncc(F)c1. The lowest BCUT2D eigenvalue weighted by molar-refractivity contribution is 0.346. The van der Waals surface area contributed by atoms with Gasteiger partial charge in [0.05, 0.1) is 6.20 Å². The highest BCUT2D eigenvalue weighted by atomic mass is 19.1. The van der Waals surface area contributed by atoms with Crippen LogP contribution >= 0.6 is 0 Å². The number of pyridine rings is 1. The highest BCUT2D eigenvalue weighted by molar-refractivity contribution is 5.14. The standard InChI is InChI=1S/C14H21FN2/c1-9-4-5-14(10(9)2)17-11(3)12-6-13(15)8-16-7-12/h6-11,14,17H,4-5H2,1-3H3. The molecule has 2 rings (SSSR count). The Kier molecular flexibility index (Phi) is 3.77. The van der Waals surface area contributed by atoms with Crippen molar-refractivity contribution < 1.29 is 4.39 Å². The number of nitrogens with one attached hydrogen (secondary N) is 1. The summed E-state index contributed by atoms with van der Waals surface area (Å²) in [6, 6.07) is 2.27. The van der Waals surface area contributed by atoms with Crippen molar-refractivity contribution in [2.24, 2.45) is 11.8 Å². The third-order valence-electron chi connectivity index (χ3n) is 4.16. The first-order valence-electron chi connectivity index (χ1n) is 6.44. The van der Waals surface area contributed by atoms with Gasteiger partial charge in [0.1, 0.15) is 5.82 Å². The summed E-state index contributed by atoms with van der Waals surface area (Å²) < 4.78 is 13.1. The smallest absolute Gasteiger partial charge is 0.141 e. The lowest BCUT2D eigenvalue weighted by Crippen LogP contribution is -2.34. The molecule has 0 bridgehead atoms. The van der Waals surface area contributed by atoms with Crippen molar-refractivity contribution in [1.29, 1.82) is 0 Å². The number of rotatable bonds is 3. The van der Waals surface area contributed by atoms with Gasteiger partial charge in [-0.1, -0.05) is 13.8 Å². The lowest BCUT2D eigenvalue weighted by Gasteiger charge is -2.24.